The minimum absolute atomic E-state index is 0.0294. The predicted molar refractivity (Wildman–Crippen MR) is 44.6 cm³/mol. The van der Waals surface area contributed by atoms with Crippen LogP contribution in [0, 0.1) is 0 Å². The highest BCUT2D eigenvalue weighted by Gasteiger charge is 2.44. The van der Waals surface area contributed by atoms with Crippen molar-refractivity contribution in [1.82, 2.24) is 4.90 Å². The third-order valence-electron chi connectivity index (χ3n) is 2.37. The molecule has 4 heteroatoms. The Kier molecular flexibility index (Phi) is 1.83. The van der Waals surface area contributed by atoms with Crippen molar-refractivity contribution in [3.63, 3.8) is 0 Å². The van der Waals surface area contributed by atoms with Gasteiger partial charge in [-0.2, -0.15) is 0 Å². The molecule has 0 aromatic rings. The van der Waals surface area contributed by atoms with E-state index in [2.05, 4.69) is 0 Å². The summed E-state index contributed by atoms with van der Waals surface area (Å²) in [6.07, 6.45) is 3.15. The Morgan fingerprint density at radius 2 is 2.54 bits per heavy atom. The van der Waals surface area contributed by atoms with Gasteiger partial charge in [-0.1, -0.05) is 6.08 Å². The van der Waals surface area contributed by atoms with Crippen LogP contribution in [0.3, 0.4) is 0 Å². The number of carbonyl (C=O) groups is 2. The first kappa shape index (κ1) is 8.29. The molecule has 0 bridgehead atoms. The van der Waals surface area contributed by atoms with Crippen LogP contribution in [-0.2, 0) is 14.3 Å². The highest BCUT2D eigenvalue weighted by atomic mass is 16.5. The number of fused-ring (bicyclic) bond motifs is 1. The number of hydrogen-bond acceptors (Lipinski definition) is 3. The molecule has 0 aromatic carbocycles. The van der Waals surface area contributed by atoms with Gasteiger partial charge in [0.05, 0.1) is 6.61 Å². The monoisotopic (exact) mass is 181 g/mol. The fourth-order valence-electron chi connectivity index (χ4n) is 1.73. The Bertz CT molecular complexity index is 295. The average Bonchev–Trinajstić information content (AvgIpc) is 2.42. The molecule has 70 valence electrons. The standard InChI is InChI=1S/C9H11NO3/c1-2-13-9(12)7-4-3-6-5-8(11)10(6)7/h4,6H,2-3,5H2,1H3. The molecular formula is C9H11NO3. The maximum atomic E-state index is 11.3. The van der Waals surface area contributed by atoms with Gasteiger partial charge in [-0.05, 0) is 13.3 Å². The second-order valence-corrected chi connectivity index (χ2v) is 3.17. The zero-order chi connectivity index (χ0) is 9.42. The van der Waals surface area contributed by atoms with Crippen molar-refractivity contribution in [2.45, 2.75) is 25.8 Å². The lowest BCUT2D eigenvalue weighted by Crippen LogP contribution is -2.49. The Balaban J connectivity index is 2.08. The zero-order valence-corrected chi connectivity index (χ0v) is 7.45. The van der Waals surface area contributed by atoms with Gasteiger partial charge < -0.3 is 9.64 Å². The summed E-state index contributed by atoms with van der Waals surface area (Å²) in [5.41, 5.74) is 0.433. The second-order valence-electron chi connectivity index (χ2n) is 3.17. The van der Waals surface area contributed by atoms with E-state index in [4.69, 9.17) is 4.74 Å². The van der Waals surface area contributed by atoms with Gasteiger partial charge in [0.15, 0.2) is 0 Å². The van der Waals surface area contributed by atoms with Crippen molar-refractivity contribution in [2.75, 3.05) is 6.61 Å². The highest BCUT2D eigenvalue weighted by Crippen LogP contribution is 2.33. The molecule has 2 aliphatic rings. The molecule has 0 radical (unpaired) electrons. The van der Waals surface area contributed by atoms with Crippen LogP contribution >= 0.6 is 0 Å². The van der Waals surface area contributed by atoms with Gasteiger partial charge in [0.2, 0.25) is 5.91 Å². The van der Waals surface area contributed by atoms with Gasteiger partial charge in [-0.3, -0.25) is 4.79 Å². The molecule has 1 unspecified atom stereocenters. The zero-order valence-electron chi connectivity index (χ0n) is 7.45. The predicted octanol–water partition coefficient (Wildman–Crippen LogP) is 0.438. The summed E-state index contributed by atoms with van der Waals surface area (Å²) < 4.78 is 4.83. The highest BCUT2D eigenvalue weighted by molar-refractivity contribution is 5.98. The summed E-state index contributed by atoms with van der Waals surface area (Å²) in [7, 11) is 0. The molecule has 0 aliphatic carbocycles. The normalized spacial score (nSPS) is 25.0. The summed E-state index contributed by atoms with van der Waals surface area (Å²) in [6, 6.07) is 0.229. The molecule has 0 spiro atoms. The fraction of sp³-hybridized carbons (Fsp3) is 0.556. The number of β-lactam (4-membered cyclic amide) rings is 1. The van der Waals surface area contributed by atoms with Gasteiger partial charge in [-0.15, -0.1) is 0 Å². The number of ether oxygens (including phenoxy) is 1. The van der Waals surface area contributed by atoms with Crippen LogP contribution in [0.1, 0.15) is 19.8 Å². The first-order valence-electron chi connectivity index (χ1n) is 4.43. The first-order valence-corrected chi connectivity index (χ1v) is 4.43. The topological polar surface area (TPSA) is 46.6 Å². The van der Waals surface area contributed by atoms with Crippen molar-refractivity contribution in [3.05, 3.63) is 11.8 Å². The van der Waals surface area contributed by atoms with E-state index in [1.165, 1.54) is 4.90 Å². The fourth-order valence-corrected chi connectivity index (χ4v) is 1.73. The molecule has 2 rings (SSSR count). The average molecular weight is 181 g/mol. The molecule has 1 atom stereocenters. The summed E-state index contributed by atoms with van der Waals surface area (Å²) in [5, 5.41) is 0. The van der Waals surface area contributed by atoms with Gasteiger partial charge in [-0.25, -0.2) is 4.79 Å². The molecule has 2 aliphatic heterocycles. The van der Waals surface area contributed by atoms with Crippen LogP contribution in [-0.4, -0.2) is 29.4 Å². The third-order valence-corrected chi connectivity index (χ3v) is 2.37. The Morgan fingerprint density at radius 3 is 3.15 bits per heavy atom. The van der Waals surface area contributed by atoms with Crippen LogP contribution in [0.2, 0.25) is 0 Å². The number of esters is 1. The summed E-state index contributed by atoms with van der Waals surface area (Å²) in [6.45, 7) is 2.10. The molecular weight excluding hydrogens is 170 g/mol. The first-order chi connectivity index (χ1) is 6.24. The molecule has 0 aromatic heterocycles. The van der Waals surface area contributed by atoms with Gasteiger partial charge in [0, 0.05) is 12.5 Å². The molecule has 0 saturated carbocycles. The van der Waals surface area contributed by atoms with Crippen LogP contribution in [0.4, 0.5) is 0 Å². The number of rotatable bonds is 2. The SMILES string of the molecule is CCOC(=O)C1=CCC2CC(=O)N12. The van der Waals surface area contributed by atoms with Crippen molar-refractivity contribution in [3.8, 4) is 0 Å². The van der Waals surface area contributed by atoms with Gasteiger partial charge in [0.1, 0.15) is 5.70 Å². The van der Waals surface area contributed by atoms with Gasteiger partial charge >= 0.3 is 5.97 Å². The van der Waals surface area contributed by atoms with Crippen LogP contribution in [0.5, 0.6) is 0 Å². The lowest BCUT2D eigenvalue weighted by Gasteiger charge is -2.35. The number of nitrogens with zero attached hydrogens (tertiary/aromatic N) is 1. The Labute approximate surface area is 76.2 Å². The van der Waals surface area contributed by atoms with E-state index < -0.39 is 0 Å². The Hall–Kier alpha value is -1.32. The molecule has 1 saturated heterocycles. The maximum absolute atomic E-state index is 11.3. The summed E-state index contributed by atoms with van der Waals surface area (Å²) in [5.74, 6) is -0.347. The molecule has 4 nitrogen and oxygen atoms in total. The number of carbonyl (C=O) groups excluding carboxylic acids is 2. The largest absolute Gasteiger partial charge is 0.461 e. The Morgan fingerprint density at radius 1 is 1.77 bits per heavy atom. The molecule has 1 amide bonds. The lowest BCUT2D eigenvalue weighted by molar-refractivity contribution is -0.150. The van der Waals surface area contributed by atoms with Crippen molar-refractivity contribution >= 4 is 11.9 Å². The minimum atomic E-state index is -0.377. The van der Waals surface area contributed by atoms with E-state index in [9.17, 15) is 9.59 Å². The summed E-state index contributed by atoms with van der Waals surface area (Å²) >= 11 is 0. The maximum Gasteiger partial charge on any atom is 0.354 e. The van der Waals surface area contributed by atoms with E-state index in [1.54, 1.807) is 13.0 Å². The number of hydrogen-bond donors (Lipinski definition) is 0. The summed E-state index contributed by atoms with van der Waals surface area (Å²) in [4.78, 5) is 23.9. The van der Waals surface area contributed by atoms with Crippen molar-refractivity contribution < 1.29 is 14.3 Å². The molecule has 0 N–H and O–H groups in total. The minimum Gasteiger partial charge on any atom is -0.461 e. The molecule has 1 fully saturated rings. The van der Waals surface area contributed by atoms with Crippen LogP contribution in [0.15, 0.2) is 11.8 Å². The lowest BCUT2D eigenvalue weighted by atomic mass is 10.0. The quantitative estimate of drug-likeness (QED) is 0.458. The van der Waals surface area contributed by atoms with Crippen LogP contribution in [0.25, 0.3) is 0 Å². The van der Waals surface area contributed by atoms with Crippen LogP contribution < -0.4 is 0 Å². The molecule has 2 heterocycles. The van der Waals surface area contributed by atoms with Crippen molar-refractivity contribution in [1.29, 1.82) is 0 Å². The van der Waals surface area contributed by atoms with Gasteiger partial charge in [0.25, 0.3) is 0 Å². The van der Waals surface area contributed by atoms with E-state index in [0.717, 1.165) is 6.42 Å². The smallest absolute Gasteiger partial charge is 0.354 e. The van der Waals surface area contributed by atoms with E-state index in [1.807, 2.05) is 0 Å². The van der Waals surface area contributed by atoms with E-state index >= 15 is 0 Å². The second kappa shape index (κ2) is 2.87. The number of amides is 1. The van der Waals surface area contributed by atoms with E-state index in [-0.39, 0.29) is 17.9 Å². The van der Waals surface area contributed by atoms with E-state index in [0.29, 0.717) is 18.7 Å². The third kappa shape index (κ3) is 1.13. The molecule has 13 heavy (non-hydrogen) atoms. The van der Waals surface area contributed by atoms with Crippen molar-refractivity contribution in [2.24, 2.45) is 0 Å².